The summed E-state index contributed by atoms with van der Waals surface area (Å²) >= 11 is 0. The maximum Gasteiger partial charge on any atom is 0.498 e. The fourth-order valence-corrected chi connectivity index (χ4v) is 5.12. The predicted octanol–water partition coefficient (Wildman–Crippen LogP) is 8.29. The third-order valence-corrected chi connectivity index (χ3v) is 8.20. The van der Waals surface area contributed by atoms with E-state index in [1.807, 2.05) is 6.07 Å². The molecule has 1 heterocycles. The van der Waals surface area contributed by atoms with Gasteiger partial charge in [0, 0.05) is 5.46 Å². The van der Waals surface area contributed by atoms with E-state index in [0.717, 1.165) is 16.8 Å². The molecule has 200 valence electrons. The molecular formula is C35H39BO3. The van der Waals surface area contributed by atoms with Gasteiger partial charge in [-0.1, -0.05) is 93.6 Å². The van der Waals surface area contributed by atoms with Crippen LogP contribution in [-0.2, 0) is 14.7 Å². The van der Waals surface area contributed by atoms with Gasteiger partial charge in [-0.15, -0.1) is 0 Å². The zero-order valence-electron chi connectivity index (χ0n) is 24.5. The summed E-state index contributed by atoms with van der Waals surface area (Å²) in [6.45, 7) is 15.1. The first kappa shape index (κ1) is 27.2. The van der Waals surface area contributed by atoms with E-state index in [4.69, 9.17) is 14.0 Å². The highest BCUT2D eigenvalue weighted by Crippen LogP contribution is 2.44. The summed E-state index contributed by atoms with van der Waals surface area (Å²) in [7, 11) is 1.17. The van der Waals surface area contributed by atoms with E-state index in [2.05, 4.69) is 133 Å². The van der Waals surface area contributed by atoms with Gasteiger partial charge in [0.2, 0.25) is 0 Å². The molecule has 0 atom stereocenters. The Balaban J connectivity index is 1.80. The zero-order valence-corrected chi connectivity index (χ0v) is 24.5. The van der Waals surface area contributed by atoms with Crippen molar-refractivity contribution >= 4 is 12.6 Å². The van der Waals surface area contributed by atoms with Crippen LogP contribution in [0.25, 0.3) is 33.4 Å². The first-order valence-corrected chi connectivity index (χ1v) is 13.7. The summed E-state index contributed by atoms with van der Waals surface area (Å²) < 4.78 is 18.8. The maximum absolute atomic E-state index is 6.47. The predicted molar refractivity (Wildman–Crippen MR) is 164 cm³/mol. The zero-order chi connectivity index (χ0) is 28.0. The van der Waals surface area contributed by atoms with E-state index < -0.39 is 18.3 Å². The minimum absolute atomic E-state index is 0.0145. The average Bonchev–Trinajstić information content (AvgIpc) is 3.14. The molecule has 3 nitrogen and oxygen atoms in total. The molecule has 0 unspecified atom stereocenters. The molecule has 0 spiro atoms. The van der Waals surface area contributed by atoms with Gasteiger partial charge in [0.25, 0.3) is 0 Å². The van der Waals surface area contributed by atoms with Crippen molar-refractivity contribution in [3.05, 3.63) is 96.6 Å². The molecule has 1 aliphatic heterocycles. The number of methoxy groups -OCH3 is 1. The molecule has 4 aromatic rings. The lowest BCUT2D eigenvalue weighted by molar-refractivity contribution is 0.00578. The van der Waals surface area contributed by atoms with E-state index in [0.29, 0.717) is 0 Å². The molecule has 4 heteroatoms. The Hall–Kier alpha value is -3.34. The molecule has 0 amide bonds. The smallest absolute Gasteiger partial charge is 0.497 e. The Morgan fingerprint density at radius 1 is 0.641 bits per heavy atom. The maximum atomic E-state index is 6.47. The summed E-state index contributed by atoms with van der Waals surface area (Å²) in [5.74, 6) is 0.756. The van der Waals surface area contributed by atoms with E-state index in [1.165, 1.54) is 33.4 Å². The molecule has 0 aliphatic carbocycles. The summed E-state index contributed by atoms with van der Waals surface area (Å²) in [5, 5.41) is 0. The van der Waals surface area contributed by atoms with E-state index in [-0.39, 0.29) is 5.41 Å². The largest absolute Gasteiger partial charge is 0.498 e. The van der Waals surface area contributed by atoms with Crippen LogP contribution in [0, 0.1) is 0 Å². The van der Waals surface area contributed by atoms with Crippen molar-refractivity contribution in [1.29, 1.82) is 0 Å². The van der Waals surface area contributed by atoms with Gasteiger partial charge in [-0.05, 0) is 90.3 Å². The molecule has 39 heavy (non-hydrogen) atoms. The van der Waals surface area contributed by atoms with Gasteiger partial charge in [-0.2, -0.15) is 0 Å². The highest BCUT2D eigenvalue weighted by molar-refractivity contribution is 6.63. The standard InChI is InChI=1S/C35H39BO3/c1-33(2,3)27-22-28(24-15-11-9-12-16-24)32(29(23-27)25-17-13-10-14-18-25)26-19-20-31(37-8)30(21-26)36-38-34(4,5)35(6,7)39-36/h9-23H,1-8H3. The summed E-state index contributed by atoms with van der Waals surface area (Å²) in [5.41, 5.74) is 8.33. The molecule has 5 rings (SSSR count). The third-order valence-electron chi connectivity index (χ3n) is 8.20. The van der Waals surface area contributed by atoms with Crippen molar-refractivity contribution in [2.45, 2.75) is 65.1 Å². The number of ether oxygens (including phenoxy) is 1. The Kier molecular flexibility index (Phi) is 6.99. The molecule has 1 saturated heterocycles. The monoisotopic (exact) mass is 518 g/mol. The first-order chi connectivity index (χ1) is 18.4. The van der Waals surface area contributed by atoms with Crippen molar-refractivity contribution in [2.24, 2.45) is 0 Å². The van der Waals surface area contributed by atoms with Crippen LogP contribution in [0.1, 0.15) is 54.0 Å². The van der Waals surface area contributed by atoms with Crippen molar-refractivity contribution < 1.29 is 14.0 Å². The van der Waals surface area contributed by atoms with E-state index in [1.54, 1.807) is 7.11 Å². The molecule has 0 bridgehead atoms. The molecular weight excluding hydrogens is 479 g/mol. The lowest BCUT2D eigenvalue weighted by Crippen LogP contribution is -2.41. The second-order valence-electron chi connectivity index (χ2n) is 12.5. The van der Waals surface area contributed by atoms with Gasteiger partial charge in [-0.3, -0.25) is 0 Å². The van der Waals surface area contributed by atoms with E-state index in [9.17, 15) is 0 Å². The van der Waals surface area contributed by atoms with Crippen LogP contribution in [0.3, 0.4) is 0 Å². The lowest BCUT2D eigenvalue weighted by atomic mass is 9.75. The number of hydrogen-bond donors (Lipinski definition) is 0. The summed E-state index contributed by atoms with van der Waals surface area (Å²) in [6, 6.07) is 32.4. The number of hydrogen-bond acceptors (Lipinski definition) is 3. The van der Waals surface area contributed by atoms with Gasteiger partial charge in [0.1, 0.15) is 5.75 Å². The normalized spacial score (nSPS) is 16.4. The van der Waals surface area contributed by atoms with Crippen molar-refractivity contribution in [3.63, 3.8) is 0 Å². The lowest BCUT2D eigenvalue weighted by Gasteiger charge is -2.32. The van der Waals surface area contributed by atoms with E-state index >= 15 is 0 Å². The van der Waals surface area contributed by atoms with Gasteiger partial charge in [-0.25, -0.2) is 0 Å². The van der Waals surface area contributed by atoms with Crippen LogP contribution in [0.5, 0.6) is 5.75 Å². The Bertz CT molecular complexity index is 1390. The van der Waals surface area contributed by atoms with Crippen LogP contribution in [0.4, 0.5) is 0 Å². The average molecular weight is 519 g/mol. The Morgan fingerprint density at radius 3 is 1.56 bits per heavy atom. The molecule has 0 radical (unpaired) electrons. The van der Waals surface area contributed by atoms with Crippen molar-refractivity contribution in [1.82, 2.24) is 0 Å². The Morgan fingerprint density at radius 2 is 1.13 bits per heavy atom. The second-order valence-corrected chi connectivity index (χ2v) is 12.5. The SMILES string of the molecule is COc1ccc(-c2c(-c3ccccc3)cc(C(C)(C)C)cc2-c2ccccc2)cc1B1OC(C)(C)C(C)(C)O1. The van der Waals surface area contributed by atoms with Crippen LogP contribution >= 0.6 is 0 Å². The minimum atomic E-state index is -0.529. The highest BCUT2D eigenvalue weighted by Gasteiger charge is 2.52. The summed E-state index contributed by atoms with van der Waals surface area (Å²) in [6.07, 6.45) is 0. The third kappa shape index (κ3) is 5.16. The van der Waals surface area contributed by atoms with Crippen LogP contribution < -0.4 is 10.2 Å². The quantitative estimate of drug-likeness (QED) is 0.249. The first-order valence-electron chi connectivity index (χ1n) is 13.7. The van der Waals surface area contributed by atoms with Gasteiger partial charge >= 0.3 is 7.12 Å². The molecule has 0 saturated carbocycles. The number of benzene rings is 4. The van der Waals surface area contributed by atoms with Gasteiger partial charge in [0.05, 0.1) is 18.3 Å². The second kappa shape index (κ2) is 10.0. The molecule has 1 aliphatic rings. The fourth-order valence-electron chi connectivity index (χ4n) is 5.12. The minimum Gasteiger partial charge on any atom is -0.497 e. The van der Waals surface area contributed by atoms with Crippen LogP contribution in [0.15, 0.2) is 91.0 Å². The number of rotatable bonds is 5. The Labute approximate surface area is 234 Å². The molecule has 1 fully saturated rings. The van der Waals surface area contributed by atoms with Gasteiger partial charge < -0.3 is 14.0 Å². The fraction of sp³-hybridized carbons (Fsp3) is 0.314. The molecule has 0 N–H and O–H groups in total. The van der Waals surface area contributed by atoms with Crippen molar-refractivity contribution in [3.8, 4) is 39.1 Å². The van der Waals surface area contributed by atoms with Crippen molar-refractivity contribution in [2.75, 3.05) is 7.11 Å². The molecule has 4 aromatic carbocycles. The highest BCUT2D eigenvalue weighted by atomic mass is 16.7. The van der Waals surface area contributed by atoms with Crippen LogP contribution in [-0.4, -0.2) is 25.4 Å². The molecule has 0 aromatic heterocycles. The topological polar surface area (TPSA) is 27.7 Å². The summed E-state index contributed by atoms with van der Waals surface area (Å²) in [4.78, 5) is 0. The van der Waals surface area contributed by atoms with Gasteiger partial charge in [0.15, 0.2) is 0 Å². The van der Waals surface area contributed by atoms with Crippen LogP contribution in [0.2, 0.25) is 0 Å².